The third kappa shape index (κ3) is 5.28. The zero-order valence-electron chi connectivity index (χ0n) is 14.2. The van der Waals surface area contributed by atoms with Crippen LogP contribution in [0.3, 0.4) is 0 Å². The molecule has 0 aromatic heterocycles. The van der Waals surface area contributed by atoms with Crippen molar-refractivity contribution in [3.8, 4) is 0 Å². The van der Waals surface area contributed by atoms with Crippen molar-refractivity contribution in [1.82, 2.24) is 10.0 Å². The zero-order valence-corrected chi connectivity index (χ0v) is 15.8. The van der Waals surface area contributed by atoms with E-state index in [-0.39, 0.29) is 17.0 Å². The fraction of sp³-hybridized carbons (Fsp3) is 0.188. The molecule has 0 saturated heterocycles. The molecule has 0 unspecified atom stereocenters. The predicted octanol–water partition coefficient (Wildman–Crippen LogP) is 0.896. The van der Waals surface area contributed by atoms with Crippen molar-refractivity contribution in [3.63, 3.8) is 0 Å². The lowest BCUT2D eigenvalue weighted by molar-refractivity contribution is 0.0951. The first-order valence-corrected chi connectivity index (χ1v) is 10.9. The Balaban J connectivity index is 2.17. The number of rotatable bonds is 7. The van der Waals surface area contributed by atoms with Gasteiger partial charge in [-0.15, -0.1) is 0 Å². The molecule has 2 aromatic rings. The Kier molecular flexibility index (Phi) is 6.01. The van der Waals surface area contributed by atoms with Crippen LogP contribution in [0.2, 0.25) is 0 Å². The van der Waals surface area contributed by atoms with Crippen molar-refractivity contribution in [2.24, 2.45) is 0 Å². The van der Waals surface area contributed by atoms with Gasteiger partial charge in [-0.25, -0.2) is 21.6 Å². The van der Waals surface area contributed by atoms with Gasteiger partial charge in [-0.1, -0.05) is 24.3 Å². The number of hydrogen-bond acceptors (Lipinski definition) is 5. The molecule has 0 radical (unpaired) electrons. The first-order chi connectivity index (χ1) is 12.1. The van der Waals surface area contributed by atoms with E-state index in [1.54, 1.807) is 24.3 Å². The van der Waals surface area contributed by atoms with Crippen molar-refractivity contribution < 1.29 is 21.6 Å². The molecule has 2 aromatic carbocycles. The zero-order chi connectivity index (χ0) is 19.4. The van der Waals surface area contributed by atoms with Gasteiger partial charge < -0.3 is 5.32 Å². The number of para-hydroxylation sites is 1. The summed E-state index contributed by atoms with van der Waals surface area (Å²) in [6.45, 7) is 0.0700. The van der Waals surface area contributed by atoms with Gasteiger partial charge in [-0.05, 0) is 36.9 Å². The number of amides is 1. The molecule has 0 aliphatic carbocycles. The topological polar surface area (TPSA) is 121 Å². The second-order valence-electron chi connectivity index (χ2n) is 5.45. The molecule has 0 saturated carbocycles. The maximum Gasteiger partial charge on any atom is 0.251 e. The Bertz CT molecular complexity index is 1020. The van der Waals surface area contributed by atoms with Gasteiger partial charge in [0, 0.05) is 12.1 Å². The van der Waals surface area contributed by atoms with Crippen LogP contribution in [0, 0.1) is 0 Å². The molecule has 0 bridgehead atoms. The number of carbonyl (C=O) groups excluding carboxylic acids is 1. The fourth-order valence-corrected chi connectivity index (χ4v) is 3.55. The number of sulfonamides is 2. The van der Waals surface area contributed by atoms with Crippen molar-refractivity contribution in [3.05, 3.63) is 59.7 Å². The van der Waals surface area contributed by atoms with E-state index >= 15 is 0 Å². The maximum absolute atomic E-state index is 12.3. The van der Waals surface area contributed by atoms with Crippen LogP contribution in [-0.2, 0) is 26.6 Å². The van der Waals surface area contributed by atoms with Gasteiger partial charge in [-0.2, -0.15) is 0 Å². The van der Waals surface area contributed by atoms with E-state index < -0.39 is 26.0 Å². The number of anilines is 1. The molecule has 140 valence electrons. The molecule has 2 rings (SSSR count). The fourth-order valence-electron chi connectivity index (χ4n) is 2.17. The molecule has 1 amide bonds. The van der Waals surface area contributed by atoms with E-state index in [1.807, 2.05) is 0 Å². The van der Waals surface area contributed by atoms with Gasteiger partial charge in [0.1, 0.15) is 0 Å². The van der Waals surface area contributed by atoms with E-state index in [4.69, 9.17) is 0 Å². The van der Waals surface area contributed by atoms with Gasteiger partial charge >= 0.3 is 0 Å². The lowest BCUT2D eigenvalue weighted by Gasteiger charge is -2.12. The Morgan fingerprint density at radius 3 is 2.35 bits per heavy atom. The minimum absolute atomic E-state index is 0.0215. The van der Waals surface area contributed by atoms with Gasteiger partial charge in [0.25, 0.3) is 5.91 Å². The molecule has 26 heavy (non-hydrogen) atoms. The number of carbonyl (C=O) groups is 1. The summed E-state index contributed by atoms with van der Waals surface area (Å²) in [7, 11) is -5.82. The normalized spacial score (nSPS) is 11.8. The predicted molar refractivity (Wildman–Crippen MR) is 98.8 cm³/mol. The van der Waals surface area contributed by atoms with Crippen LogP contribution in [0.1, 0.15) is 15.9 Å². The first-order valence-electron chi connectivity index (χ1n) is 7.50. The molecule has 0 spiro atoms. The SMILES string of the molecule is CNS(=O)(=O)c1cccc(C(=O)NCc2ccccc2NS(C)(=O)=O)c1. The lowest BCUT2D eigenvalue weighted by Crippen LogP contribution is -2.24. The van der Waals surface area contributed by atoms with E-state index in [0.717, 1.165) is 6.26 Å². The van der Waals surface area contributed by atoms with Gasteiger partial charge in [0.2, 0.25) is 20.0 Å². The van der Waals surface area contributed by atoms with Crippen LogP contribution in [0.5, 0.6) is 0 Å². The Morgan fingerprint density at radius 2 is 1.69 bits per heavy atom. The molecule has 0 aliphatic heterocycles. The van der Waals surface area contributed by atoms with Crippen molar-refractivity contribution in [1.29, 1.82) is 0 Å². The summed E-state index contributed by atoms with van der Waals surface area (Å²) < 4.78 is 51.0. The quantitative estimate of drug-likeness (QED) is 0.641. The van der Waals surface area contributed by atoms with Gasteiger partial charge in [0.15, 0.2) is 0 Å². The standard InChI is InChI=1S/C16H19N3O5S2/c1-17-26(23,24)14-8-5-7-12(10-14)16(20)18-11-13-6-3-4-9-15(13)19-25(2,21)22/h3-10,17,19H,11H2,1-2H3,(H,18,20). The molecule has 0 atom stereocenters. The van der Waals surface area contributed by atoms with Crippen LogP contribution in [-0.4, -0.2) is 36.0 Å². The van der Waals surface area contributed by atoms with Gasteiger partial charge in [0.05, 0.1) is 16.8 Å². The minimum atomic E-state index is -3.66. The summed E-state index contributed by atoms with van der Waals surface area (Å²) in [5.74, 6) is -0.479. The molecule has 8 nitrogen and oxygen atoms in total. The van der Waals surface area contributed by atoms with Gasteiger partial charge in [-0.3, -0.25) is 9.52 Å². The van der Waals surface area contributed by atoms with Crippen LogP contribution in [0.15, 0.2) is 53.4 Å². The second-order valence-corrected chi connectivity index (χ2v) is 9.08. The highest BCUT2D eigenvalue weighted by Gasteiger charge is 2.15. The molecular formula is C16H19N3O5S2. The molecule has 0 heterocycles. The summed E-state index contributed by atoms with van der Waals surface area (Å²) in [5.41, 5.74) is 1.11. The summed E-state index contributed by atoms with van der Waals surface area (Å²) >= 11 is 0. The largest absolute Gasteiger partial charge is 0.348 e. The van der Waals surface area contributed by atoms with E-state index in [9.17, 15) is 21.6 Å². The van der Waals surface area contributed by atoms with Crippen LogP contribution < -0.4 is 14.8 Å². The summed E-state index contributed by atoms with van der Waals surface area (Å²) in [6, 6.07) is 12.3. The average molecular weight is 397 g/mol. The van der Waals surface area contributed by atoms with E-state index in [2.05, 4.69) is 14.8 Å². The van der Waals surface area contributed by atoms with E-state index in [1.165, 1.54) is 31.3 Å². The second kappa shape index (κ2) is 7.85. The number of hydrogen-bond donors (Lipinski definition) is 3. The molecular weight excluding hydrogens is 378 g/mol. The molecule has 0 fully saturated rings. The van der Waals surface area contributed by atoms with Crippen molar-refractivity contribution in [2.75, 3.05) is 18.0 Å². The highest BCUT2D eigenvalue weighted by atomic mass is 32.2. The third-order valence-electron chi connectivity index (χ3n) is 3.43. The molecule has 0 aliphatic rings. The van der Waals surface area contributed by atoms with Crippen LogP contribution >= 0.6 is 0 Å². The van der Waals surface area contributed by atoms with Crippen LogP contribution in [0.4, 0.5) is 5.69 Å². The highest BCUT2D eigenvalue weighted by Crippen LogP contribution is 2.16. The molecule has 10 heteroatoms. The summed E-state index contributed by atoms with van der Waals surface area (Å²) in [4.78, 5) is 12.3. The van der Waals surface area contributed by atoms with Crippen molar-refractivity contribution >= 4 is 31.6 Å². The van der Waals surface area contributed by atoms with Crippen LogP contribution in [0.25, 0.3) is 0 Å². The molecule has 3 N–H and O–H groups in total. The Morgan fingerprint density at radius 1 is 1.00 bits per heavy atom. The Hall–Kier alpha value is -2.43. The summed E-state index contributed by atoms with van der Waals surface area (Å²) in [6.07, 6.45) is 1.04. The number of nitrogens with one attached hydrogen (secondary N) is 3. The monoisotopic (exact) mass is 397 g/mol. The Labute approximate surface area is 152 Å². The smallest absolute Gasteiger partial charge is 0.251 e. The maximum atomic E-state index is 12.3. The lowest BCUT2D eigenvalue weighted by atomic mass is 10.1. The minimum Gasteiger partial charge on any atom is -0.348 e. The third-order valence-corrected chi connectivity index (χ3v) is 5.43. The highest BCUT2D eigenvalue weighted by molar-refractivity contribution is 7.92. The van der Waals surface area contributed by atoms with Crippen molar-refractivity contribution in [2.45, 2.75) is 11.4 Å². The van der Waals surface area contributed by atoms with E-state index in [0.29, 0.717) is 11.3 Å². The average Bonchev–Trinajstić information content (AvgIpc) is 2.59. The first kappa shape index (κ1) is 19.9. The number of benzene rings is 2. The summed E-state index contributed by atoms with van der Waals surface area (Å²) in [5, 5.41) is 2.65.